The average molecular weight is 510 g/mol. The van der Waals surface area contributed by atoms with Crippen LogP contribution in [0, 0.1) is 0 Å². The van der Waals surface area contributed by atoms with Crippen molar-refractivity contribution in [3.05, 3.63) is 96.1 Å². The molecule has 0 fully saturated rings. The number of hydrogen-bond acceptors (Lipinski definition) is 5. The highest BCUT2D eigenvalue weighted by molar-refractivity contribution is 7.89. The summed E-state index contributed by atoms with van der Waals surface area (Å²) in [7, 11) is -2.44. The molecule has 9 heteroatoms. The number of sulfonamides is 1. The van der Waals surface area contributed by atoms with Crippen LogP contribution in [-0.4, -0.2) is 22.1 Å². The van der Waals surface area contributed by atoms with Gasteiger partial charge in [0.1, 0.15) is 23.4 Å². The zero-order valence-corrected chi connectivity index (χ0v) is 19.8. The summed E-state index contributed by atoms with van der Waals surface area (Å²) in [5, 5.41) is 5.46. The maximum atomic E-state index is 13.2. The Morgan fingerprint density at radius 2 is 1.69 bits per heavy atom. The van der Waals surface area contributed by atoms with E-state index in [1.165, 1.54) is 12.1 Å². The fraction of sp³-hybridized carbons (Fsp3) is 0.111. The molecule has 1 atom stereocenters. The molecule has 0 saturated heterocycles. The Bertz CT molecular complexity index is 1560. The summed E-state index contributed by atoms with van der Waals surface area (Å²) in [4.78, 5) is -0.0262. The number of ether oxygens (including phenoxy) is 3. The highest BCUT2D eigenvalue weighted by atomic mass is 32.2. The van der Waals surface area contributed by atoms with Gasteiger partial charge in [-0.2, -0.15) is 8.78 Å². The Kier molecular flexibility index (Phi) is 6.11. The van der Waals surface area contributed by atoms with E-state index in [1.807, 2.05) is 18.2 Å². The Balaban J connectivity index is 1.75. The van der Waals surface area contributed by atoms with Gasteiger partial charge in [-0.15, -0.1) is 0 Å². The molecule has 1 aliphatic rings. The molecule has 6 nitrogen and oxygen atoms in total. The van der Waals surface area contributed by atoms with Gasteiger partial charge in [0.05, 0.1) is 17.6 Å². The molecule has 0 spiro atoms. The molecule has 1 heterocycles. The van der Waals surface area contributed by atoms with Gasteiger partial charge in [0, 0.05) is 16.7 Å². The minimum atomic E-state index is -4.00. The number of fused-ring (bicyclic) bond motifs is 3. The summed E-state index contributed by atoms with van der Waals surface area (Å²) in [6, 6.07) is 23.7. The lowest BCUT2D eigenvalue weighted by Gasteiger charge is -2.31. The van der Waals surface area contributed by atoms with Crippen LogP contribution < -0.4 is 19.3 Å². The number of alkyl halides is 2. The van der Waals surface area contributed by atoms with E-state index in [0.717, 1.165) is 5.56 Å². The van der Waals surface area contributed by atoms with Gasteiger partial charge >= 0.3 is 6.61 Å². The molecule has 184 valence electrons. The van der Waals surface area contributed by atoms with Crippen molar-refractivity contribution < 1.29 is 31.4 Å². The lowest BCUT2D eigenvalue weighted by molar-refractivity contribution is -0.0496. The lowest BCUT2D eigenvalue weighted by atomic mass is 9.87. The molecule has 1 unspecified atom stereocenters. The number of benzene rings is 4. The van der Waals surface area contributed by atoms with Crippen LogP contribution in [0.25, 0.3) is 22.3 Å². The number of nitrogens with two attached hydrogens (primary N) is 1. The SMILES string of the molecule is COc1cccc(C2Oc3cccc(OC(F)F)c3-c3ccc(-c4ccccc4S(N)(=O)=O)cc32)c1. The second-order valence-corrected chi connectivity index (χ2v) is 9.66. The third-order valence-electron chi connectivity index (χ3n) is 5.95. The number of primary sulfonamides is 1. The van der Waals surface area contributed by atoms with Crippen molar-refractivity contribution in [2.24, 2.45) is 5.14 Å². The van der Waals surface area contributed by atoms with E-state index in [-0.39, 0.29) is 10.6 Å². The monoisotopic (exact) mass is 509 g/mol. The van der Waals surface area contributed by atoms with Gasteiger partial charge < -0.3 is 14.2 Å². The van der Waals surface area contributed by atoms with Crippen LogP contribution in [0.3, 0.4) is 0 Å². The standard InChI is InChI=1S/C27H21F2NO5S/c1-33-18-7-4-6-17(14-18)26-21-15-16(19-8-2-3-11-24(19)36(30,31)32)12-13-20(21)25-22(34-26)9-5-10-23(25)35-27(28)29/h2-15,26-27H,1H3,(H2,30,31,32). The quantitative estimate of drug-likeness (QED) is 0.357. The highest BCUT2D eigenvalue weighted by Gasteiger charge is 2.31. The average Bonchev–Trinajstić information content (AvgIpc) is 2.87. The van der Waals surface area contributed by atoms with Gasteiger partial charge in [-0.25, -0.2) is 13.6 Å². The summed E-state index contributed by atoms with van der Waals surface area (Å²) < 4.78 is 67.3. The van der Waals surface area contributed by atoms with Gasteiger partial charge in [-0.1, -0.05) is 48.5 Å². The second-order valence-electron chi connectivity index (χ2n) is 8.13. The topological polar surface area (TPSA) is 87.8 Å². The van der Waals surface area contributed by atoms with Crippen molar-refractivity contribution in [3.8, 4) is 39.5 Å². The fourth-order valence-electron chi connectivity index (χ4n) is 4.44. The molecule has 0 bridgehead atoms. The van der Waals surface area contributed by atoms with E-state index in [4.69, 9.17) is 19.3 Å². The Morgan fingerprint density at radius 1 is 0.917 bits per heavy atom. The summed E-state index contributed by atoms with van der Waals surface area (Å²) in [6.07, 6.45) is -0.633. The third-order valence-corrected chi connectivity index (χ3v) is 6.92. The number of halogens is 2. The molecule has 0 radical (unpaired) electrons. The van der Waals surface area contributed by atoms with Crippen LogP contribution >= 0.6 is 0 Å². The van der Waals surface area contributed by atoms with Crippen molar-refractivity contribution in [2.75, 3.05) is 7.11 Å². The first-order valence-electron chi connectivity index (χ1n) is 10.9. The van der Waals surface area contributed by atoms with Gasteiger partial charge in [-0.05, 0) is 47.5 Å². The van der Waals surface area contributed by atoms with Crippen LogP contribution in [0.2, 0.25) is 0 Å². The third kappa shape index (κ3) is 4.38. The van der Waals surface area contributed by atoms with Crippen molar-refractivity contribution >= 4 is 10.0 Å². The van der Waals surface area contributed by atoms with Gasteiger partial charge in [0.2, 0.25) is 10.0 Å². The summed E-state index contributed by atoms with van der Waals surface area (Å²) in [6.45, 7) is -3.02. The molecule has 2 N–H and O–H groups in total. The van der Waals surface area contributed by atoms with Gasteiger partial charge in [0.15, 0.2) is 0 Å². The van der Waals surface area contributed by atoms with E-state index in [9.17, 15) is 17.2 Å². The Morgan fingerprint density at radius 3 is 2.44 bits per heavy atom. The first-order chi connectivity index (χ1) is 17.3. The van der Waals surface area contributed by atoms with E-state index in [2.05, 4.69) is 0 Å². The minimum Gasteiger partial charge on any atom is -0.497 e. The van der Waals surface area contributed by atoms with E-state index < -0.39 is 22.7 Å². The van der Waals surface area contributed by atoms with Crippen LogP contribution in [0.1, 0.15) is 17.2 Å². The van der Waals surface area contributed by atoms with E-state index in [1.54, 1.807) is 61.7 Å². The van der Waals surface area contributed by atoms with Crippen LogP contribution in [0.5, 0.6) is 17.2 Å². The first-order valence-corrected chi connectivity index (χ1v) is 12.5. The van der Waals surface area contributed by atoms with Crippen molar-refractivity contribution in [2.45, 2.75) is 17.6 Å². The zero-order chi connectivity index (χ0) is 25.4. The van der Waals surface area contributed by atoms with Crippen molar-refractivity contribution in [3.63, 3.8) is 0 Å². The molecule has 5 rings (SSSR count). The normalized spacial score (nSPS) is 14.5. The molecule has 4 aromatic rings. The summed E-state index contributed by atoms with van der Waals surface area (Å²) >= 11 is 0. The molecular weight excluding hydrogens is 488 g/mol. The maximum Gasteiger partial charge on any atom is 0.387 e. The molecule has 36 heavy (non-hydrogen) atoms. The largest absolute Gasteiger partial charge is 0.497 e. The molecule has 0 aromatic heterocycles. The molecule has 0 aliphatic carbocycles. The van der Waals surface area contributed by atoms with E-state index in [0.29, 0.717) is 39.3 Å². The van der Waals surface area contributed by atoms with Gasteiger partial charge in [-0.3, -0.25) is 0 Å². The number of rotatable bonds is 6. The van der Waals surface area contributed by atoms with Crippen LogP contribution in [0.15, 0.2) is 89.8 Å². The fourth-order valence-corrected chi connectivity index (χ4v) is 5.20. The van der Waals surface area contributed by atoms with E-state index >= 15 is 0 Å². The number of hydrogen-bond donors (Lipinski definition) is 1. The van der Waals surface area contributed by atoms with Crippen molar-refractivity contribution in [1.82, 2.24) is 0 Å². The smallest absolute Gasteiger partial charge is 0.387 e. The maximum absolute atomic E-state index is 13.2. The summed E-state index contributed by atoms with van der Waals surface area (Å²) in [5.74, 6) is 0.977. The van der Waals surface area contributed by atoms with Crippen LogP contribution in [0.4, 0.5) is 8.78 Å². The minimum absolute atomic E-state index is 0.0227. The van der Waals surface area contributed by atoms with Crippen LogP contribution in [-0.2, 0) is 10.0 Å². The first kappa shape index (κ1) is 23.8. The second kappa shape index (κ2) is 9.25. The zero-order valence-electron chi connectivity index (χ0n) is 19.0. The molecule has 0 saturated carbocycles. The predicted octanol–water partition coefficient (Wildman–Crippen LogP) is 5.76. The van der Waals surface area contributed by atoms with Gasteiger partial charge in [0.25, 0.3) is 0 Å². The Labute approximate surface area is 206 Å². The number of methoxy groups -OCH3 is 1. The molecule has 1 aliphatic heterocycles. The highest BCUT2D eigenvalue weighted by Crippen LogP contribution is 2.50. The molecular formula is C27H21F2NO5S. The van der Waals surface area contributed by atoms with Crippen molar-refractivity contribution in [1.29, 1.82) is 0 Å². The molecule has 4 aromatic carbocycles. The predicted molar refractivity (Wildman–Crippen MR) is 131 cm³/mol. The summed E-state index contributed by atoms with van der Waals surface area (Å²) in [5.41, 5.74) is 3.40. The Hall–Kier alpha value is -3.95. The molecule has 0 amide bonds. The lowest BCUT2D eigenvalue weighted by Crippen LogP contribution is -2.17.